The van der Waals surface area contributed by atoms with Crippen LogP contribution in [-0.4, -0.2) is 30.9 Å². The summed E-state index contributed by atoms with van der Waals surface area (Å²) >= 11 is 0. The Hall–Kier alpha value is -2.95. The Morgan fingerprint density at radius 2 is 1.18 bits per heavy atom. The molecule has 2 aromatic rings. The van der Waals surface area contributed by atoms with Gasteiger partial charge >= 0.3 is 11.9 Å². The van der Waals surface area contributed by atoms with Crippen molar-refractivity contribution in [2.75, 3.05) is 13.2 Å². The summed E-state index contributed by atoms with van der Waals surface area (Å²) in [6.45, 7) is 6.42. The summed E-state index contributed by atoms with van der Waals surface area (Å²) in [7, 11) is 0. The highest BCUT2D eigenvalue weighted by Crippen LogP contribution is 2.11. The Morgan fingerprint density at radius 1 is 0.750 bits per heavy atom. The van der Waals surface area contributed by atoms with Gasteiger partial charge in [0, 0.05) is 12.8 Å². The molecule has 0 bridgehead atoms. The molecule has 0 aromatic heterocycles. The van der Waals surface area contributed by atoms with Gasteiger partial charge in [-0.15, -0.1) is 0 Å². The minimum Gasteiger partial charge on any atom is -0.462 e. The number of ether oxygens (including phenoxy) is 2. The monoisotopic (exact) mass is 382 g/mol. The lowest BCUT2D eigenvalue weighted by Crippen LogP contribution is -2.11. The van der Waals surface area contributed by atoms with Gasteiger partial charge < -0.3 is 9.47 Å². The largest absolute Gasteiger partial charge is 0.462 e. The highest BCUT2D eigenvalue weighted by Gasteiger charge is 2.11. The Balaban J connectivity index is 1.89. The summed E-state index contributed by atoms with van der Waals surface area (Å²) in [5.74, 6) is -0.383. The van der Waals surface area contributed by atoms with Gasteiger partial charge in [0.25, 0.3) is 0 Å². The topological polar surface area (TPSA) is 69.7 Å². The second-order valence-electron chi connectivity index (χ2n) is 7.00. The minimum atomic E-state index is -0.368. The number of Topliss-reactive ketones (excluding diaryl/α,β-unsaturated/α-hetero) is 1. The number of carbonyl (C=O) groups excluding carboxylic acids is 3. The summed E-state index contributed by atoms with van der Waals surface area (Å²) in [6.07, 6.45) is 0.558. The van der Waals surface area contributed by atoms with Crippen LogP contribution in [0, 0.1) is 5.92 Å². The first-order chi connectivity index (χ1) is 13.4. The first kappa shape index (κ1) is 21.4. The third-order valence-corrected chi connectivity index (χ3v) is 4.01. The zero-order valence-corrected chi connectivity index (χ0v) is 16.6. The first-order valence-electron chi connectivity index (χ1n) is 9.42. The summed E-state index contributed by atoms with van der Waals surface area (Å²) in [5, 5.41) is 0. The zero-order valence-electron chi connectivity index (χ0n) is 16.6. The molecule has 0 heterocycles. The van der Waals surface area contributed by atoms with Crippen molar-refractivity contribution in [2.45, 2.75) is 33.6 Å². The molecule has 0 fully saturated rings. The standard InChI is InChI=1S/C23H26O5/c1-4-27-22(25)19-9-5-17(6-10-19)13-21(24)14-18-7-11-20(12-8-18)23(26)28-15-16(2)3/h5-12,16H,4,13-15H2,1-3H3. The van der Waals surface area contributed by atoms with Crippen molar-refractivity contribution < 1.29 is 23.9 Å². The molecule has 0 atom stereocenters. The Morgan fingerprint density at radius 3 is 1.57 bits per heavy atom. The van der Waals surface area contributed by atoms with Gasteiger partial charge in [-0.25, -0.2) is 9.59 Å². The Bertz CT molecular complexity index is 804. The van der Waals surface area contributed by atoms with Crippen LogP contribution in [-0.2, 0) is 27.1 Å². The molecule has 0 saturated heterocycles. The summed E-state index contributed by atoms with van der Waals surface area (Å²) < 4.78 is 10.1. The maximum absolute atomic E-state index is 12.3. The fourth-order valence-electron chi connectivity index (χ4n) is 2.58. The van der Waals surface area contributed by atoms with E-state index >= 15 is 0 Å². The molecule has 0 N–H and O–H groups in total. The maximum atomic E-state index is 12.3. The maximum Gasteiger partial charge on any atom is 0.338 e. The smallest absolute Gasteiger partial charge is 0.338 e. The lowest BCUT2D eigenvalue weighted by molar-refractivity contribution is -0.117. The molecular weight excluding hydrogens is 356 g/mol. The number of hydrogen-bond donors (Lipinski definition) is 0. The molecule has 2 rings (SSSR count). The van der Waals surface area contributed by atoms with Crippen LogP contribution in [0.3, 0.4) is 0 Å². The van der Waals surface area contributed by atoms with Gasteiger partial charge in [0.05, 0.1) is 24.3 Å². The van der Waals surface area contributed by atoms with E-state index in [2.05, 4.69) is 0 Å². The molecule has 0 aliphatic rings. The third-order valence-electron chi connectivity index (χ3n) is 4.01. The number of esters is 2. The van der Waals surface area contributed by atoms with E-state index in [1.807, 2.05) is 13.8 Å². The third kappa shape index (κ3) is 6.65. The summed E-state index contributed by atoms with van der Waals surface area (Å²) in [6, 6.07) is 13.8. The van der Waals surface area contributed by atoms with Crippen molar-refractivity contribution in [1.82, 2.24) is 0 Å². The number of rotatable bonds is 9. The van der Waals surface area contributed by atoms with Gasteiger partial charge in [-0.3, -0.25) is 4.79 Å². The van der Waals surface area contributed by atoms with Crippen LogP contribution in [0.25, 0.3) is 0 Å². The lowest BCUT2D eigenvalue weighted by atomic mass is 10.0. The van der Waals surface area contributed by atoms with E-state index in [0.717, 1.165) is 11.1 Å². The van der Waals surface area contributed by atoms with Crippen LogP contribution in [0.4, 0.5) is 0 Å². The first-order valence-corrected chi connectivity index (χ1v) is 9.42. The molecule has 0 spiro atoms. The number of carbonyl (C=O) groups is 3. The molecule has 0 radical (unpaired) electrons. The van der Waals surface area contributed by atoms with Crippen molar-refractivity contribution >= 4 is 17.7 Å². The van der Waals surface area contributed by atoms with Gasteiger partial charge in [-0.1, -0.05) is 38.1 Å². The van der Waals surface area contributed by atoms with Gasteiger partial charge in [0.2, 0.25) is 0 Å². The van der Waals surface area contributed by atoms with Crippen LogP contribution in [0.2, 0.25) is 0 Å². The van der Waals surface area contributed by atoms with Crippen molar-refractivity contribution in [3.05, 3.63) is 70.8 Å². The van der Waals surface area contributed by atoms with E-state index in [0.29, 0.717) is 24.3 Å². The molecule has 28 heavy (non-hydrogen) atoms. The van der Waals surface area contributed by atoms with Gasteiger partial charge in [-0.05, 0) is 48.2 Å². The molecule has 148 valence electrons. The van der Waals surface area contributed by atoms with Crippen molar-refractivity contribution in [3.8, 4) is 0 Å². The number of benzene rings is 2. The Kier molecular flexibility index (Phi) is 7.93. The molecule has 0 amide bonds. The van der Waals surface area contributed by atoms with Crippen molar-refractivity contribution in [3.63, 3.8) is 0 Å². The highest BCUT2D eigenvalue weighted by atomic mass is 16.5. The average Bonchev–Trinajstić information content (AvgIpc) is 2.67. The molecule has 5 heteroatoms. The normalized spacial score (nSPS) is 10.6. The quantitative estimate of drug-likeness (QED) is 0.613. The van der Waals surface area contributed by atoms with E-state index in [4.69, 9.17) is 9.47 Å². The van der Waals surface area contributed by atoms with Crippen LogP contribution < -0.4 is 0 Å². The Labute approximate surface area is 165 Å². The number of hydrogen-bond acceptors (Lipinski definition) is 5. The predicted octanol–water partition coefficient (Wildman–Crippen LogP) is 4.03. The van der Waals surface area contributed by atoms with Gasteiger partial charge in [0.15, 0.2) is 0 Å². The second-order valence-corrected chi connectivity index (χ2v) is 7.00. The fourth-order valence-corrected chi connectivity index (χ4v) is 2.58. The summed E-state index contributed by atoms with van der Waals surface area (Å²) in [4.78, 5) is 35.9. The van der Waals surface area contributed by atoms with Crippen molar-refractivity contribution in [2.24, 2.45) is 5.92 Å². The van der Waals surface area contributed by atoms with Gasteiger partial charge in [0.1, 0.15) is 5.78 Å². The molecule has 5 nitrogen and oxygen atoms in total. The number of ketones is 1. The molecule has 0 aliphatic heterocycles. The molecular formula is C23H26O5. The highest BCUT2D eigenvalue weighted by molar-refractivity contribution is 5.90. The molecule has 0 unspecified atom stereocenters. The van der Waals surface area contributed by atoms with E-state index in [9.17, 15) is 14.4 Å². The van der Waals surface area contributed by atoms with Crippen molar-refractivity contribution in [1.29, 1.82) is 0 Å². The van der Waals surface area contributed by atoms with Crippen LogP contribution in [0.15, 0.2) is 48.5 Å². The van der Waals surface area contributed by atoms with E-state index in [-0.39, 0.29) is 36.5 Å². The molecule has 2 aromatic carbocycles. The van der Waals surface area contributed by atoms with Crippen LogP contribution in [0.1, 0.15) is 52.6 Å². The molecule has 0 aliphatic carbocycles. The zero-order chi connectivity index (χ0) is 20.5. The lowest BCUT2D eigenvalue weighted by Gasteiger charge is -2.08. The van der Waals surface area contributed by atoms with E-state index in [1.165, 1.54) is 0 Å². The summed E-state index contributed by atoms with van der Waals surface area (Å²) in [5.41, 5.74) is 2.63. The van der Waals surface area contributed by atoms with Crippen LogP contribution >= 0.6 is 0 Å². The second kappa shape index (κ2) is 10.4. The van der Waals surface area contributed by atoms with Gasteiger partial charge in [-0.2, -0.15) is 0 Å². The fraction of sp³-hybridized carbons (Fsp3) is 0.348. The SMILES string of the molecule is CCOC(=O)c1ccc(CC(=O)Cc2ccc(C(=O)OCC(C)C)cc2)cc1. The molecule has 0 saturated carbocycles. The van der Waals surface area contributed by atoms with E-state index < -0.39 is 0 Å². The predicted molar refractivity (Wildman–Crippen MR) is 106 cm³/mol. The van der Waals surface area contributed by atoms with E-state index in [1.54, 1.807) is 55.5 Å². The minimum absolute atomic E-state index is 0.0546. The average molecular weight is 382 g/mol. The van der Waals surface area contributed by atoms with Crippen LogP contribution in [0.5, 0.6) is 0 Å².